The molecule has 9 N–H and O–H groups in total. The molecule has 0 heterocycles. The molecular weight excluding hydrogens is 394 g/mol. The van der Waals surface area contributed by atoms with Crippen molar-refractivity contribution in [2.75, 3.05) is 6.54 Å². The molecule has 0 aliphatic carbocycles. The number of hydrogen-bond donors (Lipinski definition) is 7. The van der Waals surface area contributed by atoms with Gasteiger partial charge >= 0.3 is 5.97 Å². The van der Waals surface area contributed by atoms with Crippen LogP contribution in [0, 0.1) is 5.92 Å². The van der Waals surface area contributed by atoms with E-state index >= 15 is 0 Å². The van der Waals surface area contributed by atoms with Crippen LogP contribution in [0.1, 0.15) is 53.4 Å². The fraction of sp³-hybridized carbons (Fsp3) is 0.789. The smallest absolute Gasteiger partial charge is 0.326 e. The van der Waals surface area contributed by atoms with E-state index in [1.165, 1.54) is 13.8 Å². The number of nitrogens with two attached hydrogens (primary N) is 2. The second-order valence-corrected chi connectivity index (χ2v) is 7.57. The van der Waals surface area contributed by atoms with Crippen LogP contribution in [0.2, 0.25) is 0 Å². The Morgan fingerprint density at radius 2 is 1.47 bits per heavy atom. The lowest BCUT2D eigenvalue weighted by molar-refractivity contribution is -0.144. The zero-order valence-electron chi connectivity index (χ0n) is 18.2. The molecule has 3 amide bonds. The number of aliphatic carboxylic acids is 1. The molecule has 0 saturated heterocycles. The van der Waals surface area contributed by atoms with E-state index in [1.807, 2.05) is 0 Å². The average Bonchev–Trinajstić information content (AvgIpc) is 2.67. The molecule has 0 rings (SSSR count). The molecule has 30 heavy (non-hydrogen) atoms. The van der Waals surface area contributed by atoms with Gasteiger partial charge in [-0.1, -0.05) is 20.3 Å². The highest BCUT2D eigenvalue weighted by Crippen LogP contribution is 2.09. The lowest BCUT2D eigenvalue weighted by atomic mass is 9.98. The number of unbranched alkanes of at least 4 members (excludes halogenated alkanes) is 1. The highest BCUT2D eigenvalue weighted by atomic mass is 16.4. The summed E-state index contributed by atoms with van der Waals surface area (Å²) in [5.74, 6) is -3.62. The summed E-state index contributed by atoms with van der Waals surface area (Å²) in [6, 6.07) is -4.38. The molecular formula is C19H37N5O6. The van der Waals surface area contributed by atoms with E-state index in [2.05, 4.69) is 16.0 Å². The van der Waals surface area contributed by atoms with E-state index in [0.717, 1.165) is 0 Å². The van der Waals surface area contributed by atoms with Gasteiger partial charge in [-0.2, -0.15) is 0 Å². The van der Waals surface area contributed by atoms with Crippen molar-refractivity contribution in [2.24, 2.45) is 17.4 Å². The zero-order valence-corrected chi connectivity index (χ0v) is 18.2. The molecule has 0 aromatic carbocycles. The molecule has 0 radical (unpaired) electrons. The predicted molar refractivity (Wildman–Crippen MR) is 111 cm³/mol. The molecule has 0 aliphatic heterocycles. The number of rotatable bonds is 14. The van der Waals surface area contributed by atoms with Crippen molar-refractivity contribution in [1.82, 2.24) is 16.0 Å². The SMILES string of the molecule is CCC(C)C(NC(=O)C(NC(=O)C(CCCCN)NC(=O)C(C)N)C(C)O)C(=O)O. The second-order valence-electron chi connectivity index (χ2n) is 7.57. The summed E-state index contributed by atoms with van der Waals surface area (Å²) in [5, 5.41) is 26.6. The molecule has 6 unspecified atom stereocenters. The van der Waals surface area contributed by atoms with Crippen LogP contribution >= 0.6 is 0 Å². The van der Waals surface area contributed by atoms with Crippen molar-refractivity contribution in [3.8, 4) is 0 Å². The highest BCUT2D eigenvalue weighted by Gasteiger charge is 2.33. The Kier molecular flexibility index (Phi) is 12.8. The standard InChI is InChI=1S/C19H37N5O6/c1-5-10(2)14(19(29)30)23-18(28)15(12(4)25)24-17(27)13(8-6-7-9-20)22-16(26)11(3)21/h10-15,25H,5-9,20-21H2,1-4H3,(H,22,26)(H,23,28)(H,24,27)(H,29,30). The summed E-state index contributed by atoms with van der Waals surface area (Å²) in [4.78, 5) is 48.7. The van der Waals surface area contributed by atoms with Crippen molar-refractivity contribution in [2.45, 2.75) is 83.6 Å². The van der Waals surface area contributed by atoms with Gasteiger partial charge in [-0.05, 0) is 45.6 Å². The summed E-state index contributed by atoms with van der Waals surface area (Å²) in [6.45, 7) is 6.64. The van der Waals surface area contributed by atoms with Gasteiger partial charge in [0.1, 0.15) is 18.1 Å². The monoisotopic (exact) mass is 431 g/mol. The normalized spacial score (nSPS) is 17.0. The largest absolute Gasteiger partial charge is 0.480 e. The zero-order chi connectivity index (χ0) is 23.4. The summed E-state index contributed by atoms with van der Waals surface area (Å²) in [7, 11) is 0. The maximum atomic E-state index is 12.7. The van der Waals surface area contributed by atoms with Crippen molar-refractivity contribution in [3.63, 3.8) is 0 Å². The molecule has 174 valence electrons. The molecule has 0 aromatic rings. The fourth-order valence-electron chi connectivity index (χ4n) is 2.65. The van der Waals surface area contributed by atoms with Gasteiger partial charge < -0.3 is 37.6 Å². The Bertz CT molecular complexity index is 584. The van der Waals surface area contributed by atoms with Gasteiger partial charge in [0.15, 0.2) is 0 Å². The van der Waals surface area contributed by atoms with Crippen LogP contribution in [0.15, 0.2) is 0 Å². The van der Waals surface area contributed by atoms with Gasteiger partial charge in [-0.15, -0.1) is 0 Å². The number of carbonyl (C=O) groups excluding carboxylic acids is 3. The second kappa shape index (κ2) is 13.9. The molecule has 0 aromatic heterocycles. The van der Waals surface area contributed by atoms with Crippen molar-refractivity contribution >= 4 is 23.7 Å². The first-order chi connectivity index (χ1) is 14.0. The van der Waals surface area contributed by atoms with E-state index in [0.29, 0.717) is 25.8 Å². The van der Waals surface area contributed by atoms with E-state index in [9.17, 15) is 29.4 Å². The number of aliphatic hydroxyl groups is 1. The Morgan fingerprint density at radius 1 is 0.900 bits per heavy atom. The number of carboxylic acids is 1. The Morgan fingerprint density at radius 3 is 1.90 bits per heavy atom. The van der Waals surface area contributed by atoms with Crippen molar-refractivity contribution in [3.05, 3.63) is 0 Å². The first-order valence-electron chi connectivity index (χ1n) is 10.2. The minimum absolute atomic E-state index is 0.264. The quantitative estimate of drug-likeness (QED) is 0.160. The molecule has 0 bridgehead atoms. The molecule has 0 aliphatic rings. The topological polar surface area (TPSA) is 197 Å². The van der Waals surface area contributed by atoms with Crippen LogP contribution in [0.3, 0.4) is 0 Å². The average molecular weight is 432 g/mol. The number of hydrogen-bond acceptors (Lipinski definition) is 7. The number of carboxylic acid groups (broad SMARTS) is 1. The third kappa shape index (κ3) is 9.51. The first kappa shape index (κ1) is 27.8. The minimum atomic E-state index is -1.40. The van der Waals surface area contributed by atoms with Crippen LogP contribution < -0.4 is 27.4 Å². The summed E-state index contributed by atoms with van der Waals surface area (Å²) in [6.07, 6.45) is 0.659. The molecule has 11 nitrogen and oxygen atoms in total. The van der Waals surface area contributed by atoms with Crippen LogP contribution in [-0.4, -0.2) is 70.7 Å². The van der Waals surface area contributed by atoms with E-state index < -0.39 is 54.0 Å². The maximum absolute atomic E-state index is 12.7. The van der Waals surface area contributed by atoms with Crippen LogP contribution in [0.25, 0.3) is 0 Å². The third-order valence-electron chi connectivity index (χ3n) is 4.83. The fourth-order valence-corrected chi connectivity index (χ4v) is 2.65. The maximum Gasteiger partial charge on any atom is 0.326 e. The Hall–Kier alpha value is -2.24. The Labute approximate surface area is 177 Å². The van der Waals surface area contributed by atoms with Crippen LogP contribution in [0.4, 0.5) is 0 Å². The number of aliphatic hydroxyl groups excluding tert-OH is 1. The van der Waals surface area contributed by atoms with Gasteiger partial charge in [0.25, 0.3) is 0 Å². The number of nitrogens with one attached hydrogen (secondary N) is 3. The summed E-state index contributed by atoms with van der Waals surface area (Å²) < 4.78 is 0. The first-order valence-corrected chi connectivity index (χ1v) is 10.2. The van der Waals surface area contributed by atoms with Gasteiger partial charge in [-0.25, -0.2) is 4.79 Å². The van der Waals surface area contributed by atoms with E-state index in [-0.39, 0.29) is 12.3 Å². The van der Waals surface area contributed by atoms with E-state index in [4.69, 9.17) is 11.5 Å². The van der Waals surface area contributed by atoms with Gasteiger partial charge in [0.2, 0.25) is 17.7 Å². The molecule has 11 heteroatoms. The molecule has 0 fully saturated rings. The Balaban J connectivity index is 5.36. The van der Waals surface area contributed by atoms with Gasteiger partial charge in [-0.3, -0.25) is 14.4 Å². The van der Waals surface area contributed by atoms with Crippen LogP contribution in [0.5, 0.6) is 0 Å². The van der Waals surface area contributed by atoms with Crippen molar-refractivity contribution < 1.29 is 29.4 Å². The number of carbonyl (C=O) groups is 4. The van der Waals surface area contributed by atoms with Gasteiger partial charge in [0, 0.05) is 0 Å². The highest BCUT2D eigenvalue weighted by molar-refractivity contribution is 5.94. The van der Waals surface area contributed by atoms with Crippen molar-refractivity contribution in [1.29, 1.82) is 0 Å². The third-order valence-corrected chi connectivity index (χ3v) is 4.83. The summed E-state index contributed by atoms with van der Waals surface area (Å²) in [5.41, 5.74) is 11.0. The predicted octanol–water partition coefficient (Wildman–Crippen LogP) is -1.57. The van der Waals surface area contributed by atoms with Crippen LogP contribution in [-0.2, 0) is 19.2 Å². The summed E-state index contributed by atoms with van der Waals surface area (Å²) >= 11 is 0. The lowest BCUT2D eigenvalue weighted by Gasteiger charge is -2.27. The lowest BCUT2D eigenvalue weighted by Crippen LogP contribution is -2.60. The van der Waals surface area contributed by atoms with E-state index in [1.54, 1.807) is 13.8 Å². The minimum Gasteiger partial charge on any atom is -0.480 e. The molecule has 0 spiro atoms. The van der Waals surface area contributed by atoms with Gasteiger partial charge in [0.05, 0.1) is 12.1 Å². The number of amides is 3. The molecule has 0 saturated carbocycles. The molecule has 6 atom stereocenters.